The van der Waals surface area contributed by atoms with Gasteiger partial charge in [-0.3, -0.25) is 4.98 Å². The Kier molecular flexibility index (Phi) is 6.79. The summed E-state index contributed by atoms with van der Waals surface area (Å²) in [6.45, 7) is 5.64. The van der Waals surface area contributed by atoms with Gasteiger partial charge >= 0.3 is 0 Å². The Morgan fingerprint density at radius 2 is 2.20 bits per heavy atom. The molecule has 1 aromatic rings. The molecule has 6 heteroatoms. The molecule has 20 heavy (non-hydrogen) atoms. The Morgan fingerprint density at radius 1 is 1.50 bits per heavy atom. The van der Waals surface area contributed by atoms with Crippen LogP contribution in [0.25, 0.3) is 0 Å². The van der Waals surface area contributed by atoms with Crippen molar-refractivity contribution in [2.45, 2.75) is 32.7 Å². The highest BCUT2D eigenvalue weighted by Crippen LogP contribution is 2.23. The van der Waals surface area contributed by atoms with E-state index >= 15 is 0 Å². The van der Waals surface area contributed by atoms with E-state index in [4.69, 9.17) is 15.7 Å². The van der Waals surface area contributed by atoms with Crippen LogP contribution in [0.3, 0.4) is 0 Å². The van der Waals surface area contributed by atoms with E-state index in [-0.39, 0.29) is 5.84 Å². The molecule has 0 spiro atoms. The molecule has 0 atom stereocenters. The van der Waals surface area contributed by atoms with Gasteiger partial charge in [0.2, 0.25) is 0 Å². The Hall–Kier alpha value is -1.82. The number of hydrogen-bond donors (Lipinski definition) is 2. The normalized spacial score (nSPS) is 11.9. The molecule has 0 unspecified atom stereocenters. The van der Waals surface area contributed by atoms with Crippen LogP contribution in [0, 0.1) is 0 Å². The first-order valence-electron chi connectivity index (χ1n) is 6.88. The van der Waals surface area contributed by atoms with Gasteiger partial charge in [-0.2, -0.15) is 0 Å². The summed E-state index contributed by atoms with van der Waals surface area (Å²) >= 11 is 0. The first-order chi connectivity index (χ1) is 9.69. The van der Waals surface area contributed by atoms with Crippen molar-refractivity contribution in [3.8, 4) is 0 Å². The van der Waals surface area contributed by atoms with Crippen molar-refractivity contribution in [1.29, 1.82) is 0 Å². The molecule has 0 aliphatic heterocycles. The number of rotatable bonds is 8. The molecule has 1 rings (SSSR count). The summed E-state index contributed by atoms with van der Waals surface area (Å²) in [6, 6.07) is 4.15. The van der Waals surface area contributed by atoms with Crippen molar-refractivity contribution in [2.24, 2.45) is 10.9 Å². The van der Waals surface area contributed by atoms with E-state index in [0.29, 0.717) is 18.3 Å². The molecule has 0 aliphatic carbocycles. The van der Waals surface area contributed by atoms with E-state index in [0.717, 1.165) is 25.1 Å². The summed E-state index contributed by atoms with van der Waals surface area (Å²) in [5.74, 6) is 0.0222. The molecule has 0 saturated carbocycles. The predicted octanol–water partition coefficient (Wildman–Crippen LogP) is 1.82. The summed E-state index contributed by atoms with van der Waals surface area (Å²) in [7, 11) is 1.68. The third-order valence-electron chi connectivity index (χ3n) is 3.37. The fourth-order valence-corrected chi connectivity index (χ4v) is 2.29. The lowest BCUT2D eigenvalue weighted by atomic mass is 10.1. The number of aromatic nitrogens is 1. The zero-order chi connectivity index (χ0) is 15.0. The fraction of sp³-hybridized carbons (Fsp3) is 0.571. The van der Waals surface area contributed by atoms with Crippen molar-refractivity contribution in [1.82, 2.24) is 4.98 Å². The van der Waals surface area contributed by atoms with Crippen LogP contribution in [0.4, 0.5) is 5.69 Å². The minimum atomic E-state index is 0.0222. The van der Waals surface area contributed by atoms with Crippen LogP contribution < -0.4 is 10.6 Å². The SMILES string of the molecule is CCC(CC)N(CCOC)c1cccnc1/C(N)=N/O. The number of oxime groups is 1. The first kappa shape index (κ1) is 16.2. The number of nitrogens with two attached hydrogens (primary N) is 1. The van der Waals surface area contributed by atoms with Crippen molar-refractivity contribution in [3.05, 3.63) is 24.0 Å². The van der Waals surface area contributed by atoms with Gasteiger partial charge in [-0.05, 0) is 25.0 Å². The molecule has 1 aromatic heterocycles. The summed E-state index contributed by atoms with van der Waals surface area (Å²) in [6.07, 6.45) is 3.65. The molecule has 0 bridgehead atoms. The van der Waals surface area contributed by atoms with Crippen LogP contribution in [-0.2, 0) is 4.74 Å². The Bertz CT molecular complexity index is 433. The lowest BCUT2D eigenvalue weighted by Gasteiger charge is -2.33. The van der Waals surface area contributed by atoms with E-state index in [1.54, 1.807) is 13.3 Å². The maximum absolute atomic E-state index is 8.90. The van der Waals surface area contributed by atoms with Gasteiger partial charge in [0.1, 0.15) is 5.69 Å². The second-order valence-corrected chi connectivity index (χ2v) is 4.51. The van der Waals surface area contributed by atoms with Gasteiger partial charge in [0.05, 0.1) is 12.3 Å². The quantitative estimate of drug-likeness (QED) is 0.328. The third-order valence-corrected chi connectivity index (χ3v) is 3.37. The fourth-order valence-electron chi connectivity index (χ4n) is 2.29. The topological polar surface area (TPSA) is 84.0 Å². The number of nitrogens with zero attached hydrogens (tertiary/aromatic N) is 3. The van der Waals surface area contributed by atoms with Crippen LogP contribution >= 0.6 is 0 Å². The molecule has 3 N–H and O–H groups in total. The minimum absolute atomic E-state index is 0.0222. The van der Waals surface area contributed by atoms with Crippen LogP contribution in [0.1, 0.15) is 32.4 Å². The molecule has 1 heterocycles. The molecule has 0 radical (unpaired) electrons. The van der Waals surface area contributed by atoms with E-state index in [2.05, 4.69) is 28.9 Å². The van der Waals surface area contributed by atoms with Crippen molar-refractivity contribution >= 4 is 11.5 Å². The highest BCUT2D eigenvalue weighted by molar-refractivity contribution is 6.00. The lowest BCUT2D eigenvalue weighted by Crippen LogP contribution is -2.38. The number of hydrogen-bond acceptors (Lipinski definition) is 5. The van der Waals surface area contributed by atoms with Crippen LogP contribution in [0.2, 0.25) is 0 Å². The number of amidine groups is 1. The van der Waals surface area contributed by atoms with Crippen molar-refractivity contribution < 1.29 is 9.94 Å². The highest BCUT2D eigenvalue weighted by atomic mass is 16.5. The van der Waals surface area contributed by atoms with Gasteiger partial charge in [-0.1, -0.05) is 19.0 Å². The predicted molar refractivity (Wildman–Crippen MR) is 80.3 cm³/mol. The Labute approximate surface area is 120 Å². The van der Waals surface area contributed by atoms with E-state index < -0.39 is 0 Å². The van der Waals surface area contributed by atoms with Crippen LogP contribution in [-0.4, -0.2) is 42.3 Å². The summed E-state index contributed by atoms with van der Waals surface area (Å²) < 4.78 is 5.19. The number of methoxy groups -OCH3 is 1. The standard InChI is InChI=1S/C14H24N4O2/c1-4-11(5-2)18(9-10-20-3)12-7-6-8-16-13(12)14(15)17-19/h6-8,11,19H,4-5,9-10H2,1-3H3,(H2,15,17). The zero-order valence-corrected chi connectivity index (χ0v) is 12.4. The van der Waals surface area contributed by atoms with E-state index in [1.807, 2.05) is 12.1 Å². The number of ether oxygens (including phenoxy) is 1. The third kappa shape index (κ3) is 3.84. The summed E-state index contributed by atoms with van der Waals surface area (Å²) in [5, 5.41) is 12.0. The van der Waals surface area contributed by atoms with Crippen LogP contribution in [0.5, 0.6) is 0 Å². The molecular formula is C14H24N4O2. The maximum Gasteiger partial charge on any atom is 0.190 e. The monoisotopic (exact) mass is 280 g/mol. The van der Waals surface area contributed by atoms with Gasteiger partial charge < -0.3 is 20.6 Å². The van der Waals surface area contributed by atoms with Gasteiger partial charge in [-0.25, -0.2) is 0 Å². The molecule has 0 aromatic carbocycles. The molecular weight excluding hydrogens is 256 g/mol. The largest absolute Gasteiger partial charge is 0.409 e. The second kappa shape index (κ2) is 8.37. The maximum atomic E-state index is 8.90. The Morgan fingerprint density at radius 3 is 2.75 bits per heavy atom. The van der Waals surface area contributed by atoms with Crippen molar-refractivity contribution in [2.75, 3.05) is 25.2 Å². The van der Waals surface area contributed by atoms with Gasteiger partial charge in [-0.15, -0.1) is 0 Å². The zero-order valence-electron chi connectivity index (χ0n) is 12.4. The molecule has 112 valence electrons. The smallest absolute Gasteiger partial charge is 0.190 e. The molecule has 0 fully saturated rings. The van der Waals surface area contributed by atoms with Gasteiger partial charge in [0, 0.05) is 25.9 Å². The Balaban J connectivity index is 3.18. The van der Waals surface area contributed by atoms with E-state index in [9.17, 15) is 0 Å². The molecule has 0 aliphatic rings. The summed E-state index contributed by atoms with van der Waals surface area (Å²) in [4.78, 5) is 6.44. The molecule has 0 amide bonds. The van der Waals surface area contributed by atoms with E-state index in [1.165, 1.54) is 0 Å². The van der Waals surface area contributed by atoms with Crippen molar-refractivity contribution in [3.63, 3.8) is 0 Å². The average Bonchev–Trinajstić information content (AvgIpc) is 2.50. The summed E-state index contributed by atoms with van der Waals surface area (Å²) in [5.41, 5.74) is 7.09. The lowest BCUT2D eigenvalue weighted by molar-refractivity contribution is 0.202. The van der Waals surface area contributed by atoms with Gasteiger partial charge in [0.25, 0.3) is 0 Å². The average molecular weight is 280 g/mol. The number of anilines is 1. The first-order valence-corrected chi connectivity index (χ1v) is 6.88. The highest BCUT2D eigenvalue weighted by Gasteiger charge is 2.20. The number of pyridine rings is 1. The minimum Gasteiger partial charge on any atom is -0.409 e. The molecule has 0 saturated heterocycles. The second-order valence-electron chi connectivity index (χ2n) is 4.51. The van der Waals surface area contributed by atoms with Crippen LogP contribution in [0.15, 0.2) is 23.5 Å². The van der Waals surface area contributed by atoms with Gasteiger partial charge in [0.15, 0.2) is 5.84 Å². The molecule has 6 nitrogen and oxygen atoms in total.